The molecule has 0 aromatic heterocycles. The van der Waals surface area contributed by atoms with Crippen LogP contribution < -0.4 is 5.46 Å². The van der Waals surface area contributed by atoms with Crippen molar-refractivity contribution in [3.8, 4) is 0 Å². The lowest BCUT2D eigenvalue weighted by atomic mass is 9.64. The maximum absolute atomic E-state index is 12.1. The summed E-state index contributed by atoms with van der Waals surface area (Å²) in [5.41, 5.74) is 4.64. The van der Waals surface area contributed by atoms with Gasteiger partial charge in [-0.3, -0.25) is 4.79 Å². The Kier molecular flexibility index (Phi) is 3.70. The second kappa shape index (κ2) is 5.64. The van der Waals surface area contributed by atoms with Crippen LogP contribution in [-0.2, 0) is 28.9 Å². The maximum Gasteiger partial charge on any atom is 0.324 e. The van der Waals surface area contributed by atoms with Gasteiger partial charge in [0, 0.05) is 12.8 Å². The van der Waals surface area contributed by atoms with Gasteiger partial charge in [-0.25, -0.2) is 0 Å². The van der Waals surface area contributed by atoms with Crippen LogP contribution in [-0.4, -0.2) is 12.7 Å². The van der Waals surface area contributed by atoms with E-state index in [1.54, 1.807) is 0 Å². The number of hydrogen-bond donors (Lipinski definition) is 0. The van der Waals surface area contributed by atoms with Gasteiger partial charge in [-0.05, 0) is 22.2 Å². The predicted octanol–water partition coefficient (Wildman–Crippen LogP) is 2.40. The topological polar surface area (TPSA) is 26.3 Å². The summed E-state index contributed by atoms with van der Waals surface area (Å²) in [6.07, 6.45) is 0.999. The number of carbonyl (C=O) groups excluding carboxylic acids is 1. The molecular weight excluding hydrogens is 247 g/mol. The summed E-state index contributed by atoms with van der Waals surface area (Å²) < 4.78 is 5.59. The van der Waals surface area contributed by atoms with E-state index in [-0.39, 0.29) is 12.7 Å². The van der Waals surface area contributed by atoms with Crippen LogP contribution in [0.1, 0.15) is 16.7 Å². The van der Waals surface area contributed by atoms with Gasteiger partial charge in [-0.15, -0.1) is 0 Å². The Morgan fingerprint density at radius 1 is 1.10 bits per heavy atom. The Morgan fingerprint density at radius 2 is 1.85 bits per heavy atom. The molecule has 3 heteroatoms. The third kappa shape index (κ3) is 2.83. The molecule has 20 heavy (non-hydrogen) atoms. The summed E-state index contributed by atoms with van der Waals surface area (Å²) in [5, 5.41) is 0. The Labute approximate surface area is 119 Å². The molecule has 2 nitrogen and oxygen atoms in total. The molecule has 2 aromatic carbocycles. The van der Waals surface area contributed by atoms with E-state index in [4.69, 9.17) is 4.65 Å². The smallest absolute Gasteiger partial charge is 0.324 e. The molecule has 0 saturated heterocycles. The summed E-state index contributed by atoms with van der Waals surface area (Å²) in [5.74, 6) is 0.253. The fourth-order valence-corrected chi connectivity index (χ4v) is 2.68. The first-order chi connectivity index (χ1) is 9.72. The molecule has 0 N–H and O–H groups in total. The van der Waals surface area contributed by atoms with Crippen molar-refractivity contribution in [3.63, 3.8) is 0 Å². The lowest BCUT2D eigenvalue weighted by Crippen LogP contribution is -2.25. The Hall–Kier alpha value is -1.87. The zero-order chi connectivity index (χ0) is 13.9. The van der Waals surface area contributed by atoms with Crippen LogP contribution in [0.2, 0.25) is 6.82 Å². The molecule has 0 aliphatic carbocycles. The molecule has 0 unspecified atom stereocenters. The third-order valence-corrected chi connectivity index (χ3v) is 3.78. The first-order valence-electron chi connectivity index (χ1n) is 7.01. The van der Waals surface area contributed by atoms with E-state index >= 15 is 0 Å². The number of benzene rings is 2. The van der Waals surface area contributed by atoms with Crippen LogP contribution in [0.3, 0.4) is 0 Å². The van der Waals surface area contributed by atoms with Crippen LogP contribution in [0.25, 0.3) is 0 Å². The maximum atomic E-state index is 12.1. The first-order valence-corrected chi connectivity index (χ1v) is 7.01. The lowest BCUT2D eigenvalue weighted by Gasteiger charge is -2.05. The van der Waals surface area contributed by atoms with Crippen molar-refractivity contribution in [1.29, 1.82) is 0 Å². The van der Waals surface area contributed by atoms with Crippen molar-refractivity contribution in [2.24, 2.45) is 0 Å². The Bertz CT molecular complexity index is 622. The SMILES string of the molecule is CB1OCc2ccc(CC(=O)Cc3ccccc3)cc21. The fourth-order valence-electron chi connectivity index (χ4n) is 2.68. The van der Waals surface area contributed by atoms with Gasteiger partial charge in [0.05, 0.1) is 6.61 Å². The second-order valence-electron chi connectivity index (χ2n) is 5.36. The third-order valence-electron chi connectivity index (χ3n) is 3.78. The number of fused-ring (bicyclic) bond motifs is 1. The van der Waals surface area contributed by atoms with Gasteiger partial charge in [-0.2, -0.15) is 0 Å². The standard InChI is InChI=1S/C17H17BO2/c1-18-17-11-14(7-8-15(17)12-20-18)10-16(19)9-13-5-3-2-4-6-13/h2-8,11H,9-10,12H2,1H3. The van der Waals surface area contributed by atoms with E-state index in [0.717, 1.165) is 11.1 Å². The average molecular weight is 264 g/mol. The van der Waals surface area contributed by atoms with E-state index in [1.165, 1.54) is 11.0 Å². The summed E-state index contributed by atoms with van der Waals surface area (Å²) in [6, 6.07) is 16.2. The molecule has 0 bridgehead atoms. The monoisotopic (exact) mass is 264 g/mol. The van der Waals surface area contributed by atoms with Crippen LogP contribution >= 0.6 is 0 Å². The summed E-state index contributed by atoms with van der Waals surface area (Å²) in [4.78, 5) is 12.1. The van der Waals surface area contributed by atoms with Crippen LogP contribution in [0.5, 0.6) is 0 Å². The highest BCUT2D eigenvalue weighted by Gasteiger charge is 2.23. The minimum absolute atomic E-state index is 0.147. The van der Waals surface area contributed by atoms with E-state index < -0.39 is 0 Å². The highest BCUT2D eigenvalue weighted by atomic mass is 16.4. The molecule has 0 saturated carbocycles. The van der Waals surface area contributed by atoms with E-state index in [1.807, 2.05) is 36.4 Å². The number of hydrogen-bond acceptors (Lipinski definition) is 2. The predicted molar refractivity (Wildman–Crippen MR) is 81.3 cm³/mol. The van der Waals surface area contributed by atoms with Crippen LogP contribution in [0, 0.1) is 0 Å². The second-order valence-corrected chi connectivity index (χ2v) is 5.36. The molecular formula is C17H17BO2. The van der Waals surface area contributed by atoms with E-state index in [9.17, 15) is 4.79 Å². The molecule has 1 aliphatic heterocycles. The molecule has 1 aliphatic rings. The van der Waals surface area contributed by atoms with Gasteiger partial charge in [0.15, 0.2) is 0 Å². The highest BCUT2D eigenvalue weighted by molar-refractivity contribution is 6.67. The zero-order valence-electron chi connectivity index (χ0n) is 11.6. The molecule has 3 rings (SSSR count). The largest absolute Gasteiger partial charge is 0.427 e. The van der Waals surface area contributed by atoms with E-state index in [2.05, 4.69) is 19.0 Å². The minimum atomic E-state index is 0.147. The van der Waals surface area contributed by atoms with Crippen molar-refractivity contribution in [1.82, 2.24) is 0 Å². The van der Waals surface area contributed by atoms with Gasteiger partial charge in [0.2, 0.25) is 0 Å². The van der Waals surface area contributed by atoms with Gasteiger partial charge >= 0.3 is 6.92 Å². The Balaban J connectivity index is 1.69. The summed E-state index contributed by atoms with van der Waals surface area (Å²) >= 11 is 0. The minimum Gasteiger partial charge on any atom is -0.427 e. The average Bonchev–Trinajstić information content (AvgIpc) is 2.81. The molecule has 0 fully saturated rings. The van der Waals surface area contributed by atoms with Gasteiger partial charge in [-0.1, -0.05) is 55.4 Å². The zero-order valence-corrected chi connectivity index (χ0v) is 11.6. The molecule has 0 atom stereocenters. The van der Waals surface area contributed by atoms with Crippen LogP contribution in [0.4, 0.5) is 0 Å². The van der Waals surface area contributed by atoms with Crippen molar-refractivity contribution < 1.29 is 9.45 Å². The first kappa shape index (κ1) is 13.1. The lowest BCUT2D eigenvalue weighted by molar-refractivity contribution is -0.117. The molecule has 100 valence electrons. The molecule has 0 spiro atoms. The molecule has 0 amide bonds. The van der Waals surface area contributed by atoms with Gasteiger partial charge in [0.25, 0.3) is 0 Å². The highest BCUT2D eigenvalue weighted by Crippen LogP contribution is 2.13. The number of carbonyl (C=O) groups is 1. The van der Waals surface area contributed by atoms with Crippen molar-refractivity contribution in [2.75, 3.05) is 0 Å². The molecule has 1 heterocycles. The number of ketones is 1. The van der Waals surface area contributed by atoms with Crippen molar-refractivity contribution >= 4 is 18.2 Å². The van der Waals surface area contributed by atoms with Crippen molar-refractivity contribution in [3.05, 3.63) is 65.2 Å². The summed E-state index contributed by atoms with van der Waals surface area (Å²) in [6.45, 7) is 2.89. The molecule has 2 aromatic rings. The quantitative estimate of drug-likeness (QED) is 0.792. The number of rotatable bonds is 4. The number of Topliss-reactive ketones (excluding diaryl/α,β-unsaturated/α-hetero) is 1. The fraction of sp³-hybridized carbons (Fsp3) is 0.235. The molecule has 0 radical (unpaired) electrons. The summed E-state index contributed by atoms with van der Waals surface area (Å²) in [7, 11) is 0. The normalized spacial score (nSPS) is 13.3. The van der Waals surface area contributed by atoms with Crippen LogP contribution in [0.15, 0.2) is 48.5 Å². The van der Waals surface area contributed by atoms with E-state index in [0.29, 0.717) is 19.4 Å². The Morgan fingerprint density at radius 3 is 2.65 bits per heavy atom. The van der Waals surface area contributed by atoms with Gasteiger partial charge < -0.3 is 4.65 Å². The van der Waals surface area contributed by atoms with Gasteiger partial charge in [0.1, 0.15) is 5.78 Å². The van der Waals surface area contributed by atoms with Crippen molar-refractivity contribution in [2.45, 2.75) is 26.3 Å².